The van der Waals surface area contributed by atoms with Gasteiger partial charge in [0.25, 0.3) is 0 Å². The highest BCUT2D eigenvalue weighted by Gasteiger charge is 2.20. The number of ether oxygens (including phenoxy) is 1. The summed E-state index contributed by atoms with van der Waals surface area (Å²) in [5, 5.41) is 0.492. The van der Waals surface area contributed by atoms with Crippen molar-refractivity contribution in [3.05, 3.63) is 77.8 Å². The van der Waals surface area contributed by atoms with Gasteiger partial charge in [-0.2, -0.15) is 0 Å². The number of para-hydroxylation sites is 1. The van der Waals surface area contributed by atoms with E-state index in [1.54, 1.807) is 44.2 Å². The molecule has 0 radical (unpaired) electrons. The van der Waals surface area contributed by atoms with Gasteiger partial charge in [0, 0.05) is 10.9 Å². The van der Waals surface area contributed by atoms with Gasteiger partial charge in [-0.3, -0.25) is 0 Å². The van der Waals surface area contributed by atoms with Gasteiger partial charge in [0.15, 0.2) is 9.84 Å². The van der Waals surface area contributed by atoms with Crippen molar-refractivity contribution in [1.29, 1.82) is 0 Å². The Morgan fingerprint density at radius 2 is 1.71 bits per heavy atom. The molecule has 0 saturated carbocycles. The smallest absolute Gasteiger partial charge is 0.180 e. The van der Waals surface area contributed by atoms with Crippen LogP contribution in [0.15, 0.2) is 71.9 Å². The minimum atomic E-state index is -3.45. The molecule has 0 N–H and O–H groups in total. The third kappa shape index (κ3) is 4.11. The van der Waals surface area contributed by atoms with Gasteiger partial charge in [0.05, 0.1) is 26.4 Å². The second-order valence-electron chi connectivity index (χ2n) is 7.17. The molecule has 31 heavy (non-hydrogen) atoms. The number of aromatic nitrogens is 2. The van der Waals surface area contributed by atoms with E-state index in [-0.39, 0.29) is 10.5 Å². The zero-order valence-electron chi connectivity index (χ0n) is 16.7. The molecule has 0 aliphatic carbocycles. The lowest BCUT2D eigenvalue weighted by Crippen LogP contribution is -2.13. The van der Waals surface area contributed by atoms with Crippen LogP contribution in [0.3, 0.4) is 0 Å². The quantitative estimate of drug-likeness (QED) is 0.365. The molecule has 0 aliphatic rings. The van der Waals surface area contributed by atoms with Crippen molar-refractivity contribution < 1.29 is 17.5 Å². The van der Waals surface area contributed by atoms with Crippen molar-refractivity contribution >= 4 is 32.3 Å². The fraction of sp³-hybridized carbons (Fsp3) is 0.130. The van der Waals surface area contributed by atoms with Gasteiger partial charge in [-0.15, -0.1) is 0 Å². The highest BCUT2D eigenvalue weighted by atomic mass is 35.5. The van der Waals surface area contributed by atoms with Crippen molar-refractivity contribution in [2.75, 3.05) is 0 Å². The summed E-state index contributed by atoms with van der Waals surface area (Å²) in [7, 11) is -3.45. The van der Waals surface area contributed by atoms with E-state index in [1.165, 1.54) is 36.7 Å². The van der Waals surface area contributed by atoms with Gasteiger partial charge in [0.2, 0.25) is 0 Å². The van der Waals surface area contributed by atoms with Crippen LogP contribution in [0.25, 0.3) is 22.2 Å². The molecule has 0 fully saturated rings. The molecular weight excluding hydrogens is 439 g/mol. The Bertz CT molecular complexity index is 1390. The Hall–Kier alpha value is -3.03. The second-order valence-corrected chi connectivity index (χ2v) is 10.1. The van der Waals surface area contributed by atoms with Crippen LogP contribution in [0.5, 0.6) is 11.5 Å². The number of hydrogen-bond donors (Lipinski definition) is 0. The van der Waals surface area contributed by atoms with E-state index in [4.69, 9.17) is 16.3 Å². The molecule has 0 saturated heterocycles. The van der Waals surface area contributed by atoms with Crippen LogP contribution < -0.4 is 4.74 Å². The first-order valence-corrected chi connectivity index (χ1v) is 11.4. The predicted octanol–water partition coefficient (Wildman–Crippen LogP) is 6.06. The molecule has 158 valence electrons. The molecule has 1 aromatic heterocycles. The van der Waals surface area contributed by atoms with Crippen LogP contribution in [0.4, 0.5) is 4.39 Å². The largest absolute Gasteiger partial charge is 0.457 e. The summed E-state index contributed by atoms with van der Waals surface area (Å²) >= 11 is 6.21. The van der Waals surface area contributed by atoms with Crippen molar-refractivity contribution in [3.63, 3.8) is 0 Å². The fourth-order valence-electron chi connectivity index (χ4n) is 3.14. The maximum atomic E-state index is 14.7. The summed E-state index contributed by atoms with van der Waals surface area (Å²) in [5.74, 6) is 0.183. The average molecular weight is 457 g/mol. The third-order valence-electron chi connectivity index (χ3n) is 4.80. The highest BCUT2D eigenvalue weighted by Crippen LogP contribution is 2.34. The number of sulfone groups is 1. The maximum Gasteiger partial charge on any atom is 0.180 e. The van der Waals surface area contributed by atoms with E-state index < -0.39 is 20.9 Å². The lowest BCUT2D eigenvalue weighted by Gasteiger charge is -2.12. The van der Waals surface area contributed by atoms with Gasteiger partial charge in [-0.05, 0) is 56.3 Å². The van der Waals surface area contributed by atoms with Crippen LogP contribution in [0.1, 0.15) is 13.8 Å². The average Bonchev–Trinajstić information content (AvgIpc) is 2.75. The molecule has 4 aromatic rings. The number of nitrogens with zero attached hydrogens (tertiary/aromatic N) is 2. The lowest BCUT2D eigenvalue weighted by atomic mass is 10.1. The second kappa shape index (κ2) is 8.24. The molecule has 4 rings (SSSR count). The summed E-state index contributed by atoms with van der Waals surface area (Å²) in [6, 6.07) is 15.7. The monoisotopic (exact) mass is 456 g/mol. The van der Waals surface area contributed by atoms with Crippen molar-refractivity contribution in [2.45, 2.75) is 24.0 Å². The first-order valence-electron chi connectivity index (χ1n) is 9.48. The summed E-state index contributed by atoms with van der Waals surface area (Å²) in [6.07, 6.45) is 1.33. The number of benzene rings is 3. The van der Waals surface area contributed by atoms with Gasteiger partial charge < -0.3 is 4.74 Å². The van der Waals surface area contributed by atoms with Crippen molar-refractivity contribution in [1.82, 2.24) is 9.97 Å². The van der Waals surface area contributed by atoms with Crippen LogP contribution in [0, 0.1) is 5.82 Å². The summed E-state index contributed by atoms with van der Waals surface area (Å²) in [6.45, 7) is 3.24. The van der Waals surface area contributed by atoms with Crippen molar-refractivity contribution in [3.8, 4) is 22.8 Å². The summed E-state index contributed by atoms with van der Waals surface area (Å²) < 4.78 is 45.4. The highest BCUT2D eigenvalue weighted by molar-refractivity contribution is 7.92. The van der Waals surface area contributed by atoms with Gasteiger partial charge in [-0.25, -0.2) is 22.8 Å². The topological polar surface area (TPSA) is 69.2 Å². The van der Waals surface area contributed by atoms with E-state index in [0.29, 0.717) is 33.1 Å². The molecule has 0 bridgehead atoms. The van der Waals surface area contributed by atoms with Crippen LogP contribution in [-0.4, -0.2) is 23.6 Å². The minimum Gasteiger partial charge on any atom is -0.457 e. The molecule has 0 aliphatic heterocycles. The molecule has 5 nitrogen and oxygen atoms in total. The fourth-order valence-corrected chi connectivity index (χ4v) is 4.45. The normalized spacial score (nSPS) is 11.8. The number of rotatable bonds is 5. The van der Waals surface area contributed by atoms with E-state index in [9.17, 15) is 12.8 Å². The molecule has 3 aromatic carbocycles. The Morgan fingerprint density at radius 1 is 0.968 bits per heavy atom. The Labute approximate surface area is 184 Å². The zero-order chi connectivity index (χ0) is 22.2. The number of fused-ring (bicyclic) bond motifs is 1. The van der Waals surface area contributed by atoms with E-state index in [1.807, 2.05) is 0 Å². The molecule has 8 heteroatoms. The Balaban J connectivity index is 1.75. The van der Waals surface area contributed by atoms with Crippen molar-refractivity contribution in [2.24, 2.45) is 0 Å². The van der Waals surface area contributed by atoms with E-state index in [0.717, 1.165) is 0 Å². The minimum absolute atomic E-state index is 0.166. The standard InChI is InChI=1S/C23H18ClFN2O3S/c1-14(2)31(28,29)17-6-3-5-15(11-17)30-16-9-10-21(25)19(12-16)22-18-7-4-8-20(24)23(18)27-13-26-22/h3-14H,1-2H3. The zero-order valence-corrected chi connectivity index (χ0v) is 18.3. The van der Waals surface area contributed by atoms with Crippen LogP contribution >= 0.6 is 11.6 Å². The first kappa shape index (κ1) is 21.2. The molecule has 1 heterocycles. The Morgan fingerprint density at radius 3 is 2.48 bits per heavy atom. The van der Waals surface area contributed by atoms with E-state index in [2.05, 4.69) is 9.97 Å². The number of halogens is 2. The van der Waals surface area contributed by atoms with Gasteiger partial charge in [-0.1, -0.05) is 29.8 Å². The van der Waals surface area contributed by atoms with Crippen LogP contribution in [0.2, 0.25) is 5.02 Å². The molecule has 0 atom stereocenters. The first-order chi connectivity index (χ1) is 14.8. The molecule has 0 spiro atoms. The lowest BCUT2D eigenvalue weighted by molar-refractivity contribution is 0.479. The third-order valence-corrected chi connectivity index (χ3v) is 7.26. The maximum absolute atomic E-state index is 14.7. The van der Waals surface area contributed by atoms with Gasteiger partial charge in [0.1, 0.15) is 23.6 Å². The molecule has 0 amide bonds. The van der Waals surface area contributed by atoms with Crippen LogP contribution in [-0.2, 0) is 9.84 Å². The summed E-state index contributed by atoms with van der Waals surface area (Å²) in [5.41, 5.74) is 1.12. The molecular formula is C23H18ClFN2O3S. The summed E-state index contributed by atoms with van der Waals surface area (Å²) in [4.78, 5) is 8.59. The van der Waals surface area contributed by atoms with E-state index >= 15 is 0 Å². The Kier molecular flexibility index (Phi) is 5.64. The van der Waals surface area contributed by atoms with Gasteiger partial charge >= 0.3 is 0 Å². The number of hydrogen-bond acceptors (Lipinski definition) is 5. The predicted molar refractivity (Wildman–Crippen MR) is 119 cm³/mol. The SMILES string of the molecule is CC(C)S(=O)(=O)c1cccc(Oc2ccc(F)c(-c3ncnc4c(Cl)cccc34)c2)c1. The molecule has 0 unspecified atom stereocenters.